The Hall–Kier alpha value is 0.0569. The van der Waals surface area contributed by atoms with Gasteiger partial charge in [-0.3, -0.25) is 0 Å². The van der Waals surface area contributed by atoms with Gasteiger partial charge in [-0.2, -0.15) is 0 Å². The monoisotopic (exact) mass is 249 g/mol. The predicted octanol–water partition coefficient (Wildman–Crippen LogP) is 1.98. The van der Waals surface area contributed by atoms with Crippen LogP contribution >= 0.6 is 0 Å². The molecule has 0 aromatic heterocycles. The zero-order chi connectivity index (χ0) is 12.6. The topological polar surface area (TPSA) is 30.9 Å². The first-order chi connectivity index (χ1) is 7.59. The van der Waals surface area contributed by atoms with Gasteiger partial charge in [-0.15, -0.1) is 0 Å². The van der Waals surface area contributed by atoms with Gasteiger partial charge >= 0.3 is 8.80 Å². The van der Waals surface area contributed by atoms with Crippen LogP contribution in [0.15, 0.2) is 0 Å². The van der Waals surface area contributed by atoms with Crippen molar-refractivity contribution in [3.05, 3.63) is 0 Å². The highest BCUT2D eigenvalue weighted by atomic mass is 28.4. The molecule has 0 aliphatic heterocycles. The van der Waals surface area contributed by atoms with Crippen molar-refractivity contribution in [2.45, 2.75) is 39.3 Å². The lowest BCUT2D eigenvalue weighted by molar-refractivity contribution is 0.118. The summed E-state index contributed by atoms with van der Waals surface area (Å²) < 4.78 is 16.2. The highest BCUT2D eigenvalue weighted by Crippen LogP contribution is 2.18. The van der Waals surface area contributed by atoms with Crippen molar-refractivity contribution in [3.63, 3.8) is 0 Å². The molecule has 0 fully saturated rings. The number of hydrogen-bond donors (Lipinski definition) is 0. The molecule has 1 unspecified atom stereocenters. The third-order valence-corrected chi connectivity index (χ3v) is 6.00. The smallest absolute Gasteiger partial charge is 0.377 e. The number of rotatable bonds is 9. The second-order valence-electron chi connectivity index (χ2n) is 3.90. The molecule has 0 rings (SSSR count). The maximum Gasteiger partial charge on any atom is 0.500 e. The lowest BCUT2D eigenvalue weighted by Crippen LogP contribution is -2.44. The third-order valence-electron chi connectivity index (χ3n) is 3.24. The van der Waals surface area contributed by atoms with Gasteiger partial charge in [0.25, 0.3) is 0 Å². The molecule has 0 saturated carbocycles. The Labute approximate surface area is 101 Å². The van der Waals surface area contributed by atoms with Crippen molar-refractivity contribution in [1.82, 2.24) is 4.90 Å². The predicted molar refractivity (Wildman–Crippen MR) is 68.6 cm³/mol. The first kappa shape index (κ1) is 16.1. The summed E-state index contributed by atoms with van der Waals surface area (Å²) >= 11 is 0. The van der Waals surface area contributed by atoms with Crippen molar-refractivity contribution in [2.75, 3.05) is 34.4 Å². The van der Waals surface area contributed by atoms with Gasteiger partial charge in [0.1, 0.15) is 0 Å². The van der Waals surface area contributed by atoms with Crippen molar-refractivity contribution in [1.29, 1.82) is 0 Å². The van der Waals surface area contributed by atoms with Crippen LogP contribution < -0.4 is 0 Å². The highest BCUT2D eigenvalue weighted by Gasteiger charge is 2.37. The molecule has 0 aromatic carbocycles. The molecule has 98 valence electrons. The van der Waals surface area contributed by atoms with E-state index in [-0.39, 0.29) is 0 Å². The van der Waals surface area contributed by atoms with Crippen LogP contribution in [0, 0.1) is 0 Å². The van der Waals surface area contributed by atoms with Crippen LogP contribution in [0.3, 0.4) is 0 Å². The van der Waals surface area contributed by atoms with E-state index in [4.69, 9.17) is 13.3 Å². The normalized spacial score (nSPS) is 14.4. The summed E-state index contributed by atoms with van der Waals surface area (Å²) in [5.41, 5.74) is 0. The zero-order valence-corrected chi connectivity index (χ0v) is 12.6. The van der Waals surface area contributed by atoms with E-state index in [0.29, 0.717) is 6.04 Å². The molecule has 0 aliphatic carbocycles. The van der Waals surface area contributed by atoms with Crippen LogP contribution in [-0.4, -0.2) is 54.2 Å². The van der Waals surface area contributed by atoms with E-state index < -0.39 is 8.80 Å². The molecule has 16 heavy (non-hydrogen) atoms. The molecule has 0 N–H and O–H groups in total. The van der Waals surface area contributed by atoms with E-state index in [0.717, 1.165) is 25.6 Å². The molecule has 0 aromatic rings. The largest absolute Gasteiger partial charge is 0.500 e. The van der Waals surface area contributed by atoms with Gasteiger partial charge in [-0.1, -0.05) is 13.8 Å². The van der Waals surface area contributed by atoms with E-state index in [1.165, 1.54) is 0 Å². The van der Waals surface area contributed by atoms with E-state index >= 15 is 0 Å². The van der Waals surface area contributed by atoms with Crippen molar-refractivity contribution < 1.29 is 13.3 Å². The van der Waals surface area contributed by atoms with Crippen LogP contribution in [0.4, 0.5) is 0 Å². The van der Waals surface area contributed by atoms with Crippen LogP contribution in [0.2, 0.25) is 6.04 Å². The van der Waals surface area contributed by atoms with Crippen molar-refractivity contribution in [2.24, 2.45) is 0 Å². The fraction of sp³-hybridized carbons (Fsp3) is 1.00. The minimum Gasteiger partial charge on any atom is -0.377 e. The molecule has 0 amide bonds. The van der Waals surface area contributed by atoms with Crippen LogP contribution in [0.25, 0.3) is 0 Å². The molecule has 4 nitrogen and oxygen atoms in total. The fourth-order valence-electron chi connectivity index (χ4n) is 1.97. The summed E-state index contributed by atoms with van der Waals surface area (Å²) in [6.07, 6.45) is 1.05. The molecule has 1 atom stereocenters. The molecule has 5 heteroatoms. The Morgan fingerprint density at radius 3 is 1.75 bits per heavy atom. The molecule has 0 bridgehead atoms. The zero-order valence-electron chi connectivity index (χ0n) is 11.6. The molecule has 0 radical (unpaired) electrons. The molecule has 0 heterocycles. The van der Waals surface area contributed by atoms with Crippen molar-refractivity contribution in [3.8, 4) is 0 Å². The second-order valence-corrected chi connectivity index (χ2v) is 7.00. The average molecular weight is 249 g/mol. The minimum atomic E-state index is -2.38. The number of nitrogens with zero attached hydrogens (tertiary/aromatic N) is 1. The van der Waals surface area contributed by atoms with E-state index in [9.17, 15) is 0 Å². The van der Waals surface area contributed by atoms with Gasteiger partial charge in [0.2, 0.25) is 0 Å². The molecular weight excluding hydrogens is 222 g/mol. The summed E-state index contributed by atoms with van der Waals surface area (Å²) in [6.45, 7) is 8.78. The Kier molecular flexibility index (Phi) is 8.22. The lowest BCUT2D eigenvalue weighted by atomic mass is 10.2. The second kappa shape index (κ2) is 8.19. The summed E-state index contributed by atoms with van der Waals surface area (Å²) in [6, 6.07) is 1.41. The Bertz CT molecular complexity index is 164. The Balaban J connectivity index is 4.19. The highest BCUT2D eigenvalue weighted by molar-refractivity contribution is 6.60. The average Bonchev–Trinajstić information content (AvgIpc) is 2.33. The van der Waals surface area contributed by atoms with E-state index in [2.05, 4.69) is 25.7 Å². The Morgan fingerprint density at radius 1 is 1.00 bits per heavy atom. The summed E-state index contributed by atoms with van der Waals surface area (Å²) in [4.78, 5) is 2.43. The van der Waals surface area contributed by atoms with Crippen molar-refractivity contribution >= 4 is 8.80 Å². The first-order valence-corrected chi connectivity index (χ1v) is 7.91. The third kappa shape index (κ3) is 4.51. The number of hydrogen-bond acceptors (Lipinski definition) is 4. The molecule has 0 aliphatic rings. The maximum atomic E-state index is 5.41. The lowest BCUT2D eigenvalue weighted by Gasteiger charge is -2.30. The van der Waals surface area contributed by atoms with Gasteiger partial charge in [0.05, 0.1) is 0 Å². The van der Waals surface area contributed by atoms with Gasteiger partial charge in [-0.25, -0.2) is 0 Å². The Morgan fingerprint density at radius 2 is 1.44 bits per heavy atom. The van der Waals surface area contributed by atoms with Crippen LogP contribution in [0.5, 0.6) is 0 Å². The molecule has 0 spiro atoms. The first-order valence-electron chi connectivity index (χ1n) is 5.98. The van der Waals surface area contributed by atoms with Gasteiger partial charge in [0, 0.05) is 33.4 Å². The van der Waals surface area contributed by atoms with E-state index in [1.54, 1.807) is 21.3 Å². The SMILES string of the molecule is CCN(CC)C(C)CC[Si](OC)(OC)OC. The summed E-state index contributed by atoms with van der Waals surface area (Å²) in [5, 5.41) is 0. The molecule has 0 saturated heterocycles. The van der Waals surface area contributed by atoms with Crippen LogP contribution in [0.1, 0.15) is 27.2 Å². The van der Waals surface area contributed by atoms with E-state index in [1.807, 2.05) is 0 Å². The standard InChI is InChI=1S/C11H27NO3Si/c1-7-12(8-2)11(3)9-10-16(13-4,14-5)15-6/h11H,7-10H2,1-6H3. The minimum absolute atomic E-state index is 0.544. The fourth-order valence-corrected chi connectivity index (χ4v) is 3.86. The van der Waals surface area contributed by atoms with Gasteiger partial charge in [-0.05, 0) is 26.4 Å². The summed E-state index contributed by atoms with van der Waals surface area (Å²) in [5.74, 6) is 0. The van der Waals surface area contributed by atoms with Crippen LogP contribution in [-0.2, 0) is 13.3 Å². The maximum absolute atomic E-state index is 5.41. The quantitative estimate of drug-likeness (QED) is 0.585. The van der Waals surface area contributed by atoms with Gasteiger partial charge < -0.3 is 18.2 Å². The summed E-state index contributed by atoms with van der Waals surface area (Å²) in [7, 11) is 2.63. The molecular formula is C11H27NO3Si. The van der Waals surface area contributed by atoms with Gasteiger partial charge in [0.15, 0.2) is 0 Å².